The SMILES string of the molecule is CCC(=O)NC1C(C)CNCC1C. The molecular weight excluding hydrogens is 164 g/mol. The third-order valence-corrected chi connectivity index (χ3v) is 2.81. The smallest absolute Gasteiger partial charge is 0.219 e. The molecular formula is C10H20N2O. The van der Waals surface area contributed by atoms with Gasteiger partial charge in [-0.05, 0) is 24.9 Å². The largest absolute Gasteiger partial charge is 0.353 e. The Morgan fingerprint density at radius 3 is 2.38 bits per heavy atom. The summed E-state index contributed by atoms with van der Waals surface area (Å²) in [4.78, 5) is 11.2. The van der Waals surface area contributed by atoms with Crippen LogP contribution in [0, 0.1) is 11.8 Å². The van der Waals surface area contributed by atoms with Crippen molar-refractivity contribution in [2.45, 2.75) is 33.2 Å². The summed E-state index contributed by atoms with van der Waals surface area (Å²) >= 11 is 0. The molecule has 1 amide bonds. The van der Waals surface area contributed by atoms with Crippen LogP contribution in [0.2, 0.25) is 0 Å². The van der Waals surface area contributed by atoms with Gasteiger partial charge in [-0.3, -0.25) is 4.79 Å². The predicted octanol–water partition coefficient (Wildman–Crippen LogP) is 0.757. The first kappa shape index (κ1) is 10.5. The minimum atomic E-state index is 0.172. The monoisotopic (exact) mass is 184 g/mol. The maximum absolute atomic E-state index is 11.2. The van der Waals surface area contributed by atoms with Gasteiger partial charge in [-0.25, -0.2) is 0 Å². The van der Waals surface area contributed by atoms with Crippen LogP contribution in [0.15, 0.2) is 0 Å². The summed E-state index contributed by atoms with van der Waals surface area (Å²) in [5, 5.41) is 6.44. The van der Waals surface area contributed by atoms with Crippen LogP contribution in [0.1, 0.15) is 27.2 Å². The van der Waals surface area contributed by atoms with E-state index < -0.39 is 0 Å². The number of piperidine rings is 1. The normalized spacial score (nSPS) is 34.2. The Labute approximate surface area is 80.3 Å². The second kappa shape index (κ2) is 4.61. The summed E-state index contributed by atoms with van der Waals surface area (Å²) in [7, 11) is 0. The van der Waals surface area contributed by atoms with Crippen molar-refractivity contribution in [1.82, 2.24) is 10.6 Å². The molecule has 3 nitrogen and oxygen atoms in total. The Morgan fingerprint density at radius 1 is 1.38 bits per heavy atom. The van der Waals surface area contributed by atoms with Crippen LogP contribution in [0.25, 0.3) is 0 Å². The molecule has 1 aliphatic rings. The number of hydrogen-bond donors (Lipinski definition) is 2. The molecule has 1 saturated heterocycles. The van der Waals surface area contributed by atoms with Crippen LogP contribution in [-0.2, 0) is 4.79 Å². The maximum Gasteiger partial charge on any atom is 0.219 e. The lowest BCUT2D eigenvalue weighted by Gasteiger charge is -2.35. The van der Waals surface area contributed by atoms with Crippen molar-refractivity contribution in [3.63, 3.8) is 0 Å². The fourth-order valence-corrected chi connectivity index (χ4v) is 1.93. The van der Waals surface area contributed by atoms with E-state index in [1.807, 2.05) is 6.92 Å². The Hall–Kier alpha value is -0.570. The summed E-state index contributed by atoms with van der Waals surface area (Å²) < 4.78 is 0. The zero-order chi connectivity index (χ0) is 9.84. The molecule has 13 heavy (non-hydrogen) atoms. The molecule has 0 radical (unpaired) electrons. The highest BCUT2D eigenvalue weighted by atomic mass is 16.1. The van der Waals surface area contributed by atoms with Crippen molar-refractivity contribution in [1.29, 1.82) is 0 Å². The molecule has 1 aliphatic heterocycles. The highest BCUT2D eigenvalue weighted by molar-refractivity contribution is 5.75. The zero-order valence-electron chi connectivity index (χ0n) is 8.76. The molecule has 3 heteroatoms. The summed E-state index contributed by atoms with van der Waals surface area (Å²) in [6, 6.07) is 0.355. The van der Waals surface area contributed by atoms with Gasteiger partial charge in [-0.2, -0.15) is 0 Å². The first-order valence-corrected chi connectivity index (χ1v) is 5.15. The Bertz CT molecular complexity index is 172. The molecule has 0 bridgehead atoms. The van der Waals surface area contributed by atoms with Crippen LogP contribution in [0.3, 0.4) is 0 Å². The lowest BCUT2D eigenvalue weighted by atomic mass is 9.87. The van der Waals surface area contributed by atoms with Crippen molar-refractivity contribution >= 4 is 5.91 Å². The summed E-state index contributed by atoms with van der Waals surface area (Å²) in [6.07, 6.45) is 0.587. The fraction of sp³-hybridized carbons (Fsp3) is 0.900. The minimum absolute atomic E-state index is 0.172. The average Bonchev–Trinajstić information content (AvgIpc) is 2.11. The second-order valence-corrected chi connectivity index (χ2v) is 4.06. The standard InChI is InChI=1S/C10H20N2O/c1-4-9(13)12-10-7(2)5-11-6-8(10)3/h7-8,10-11H,4-6H2,1-3H3,(H,12,13). The molecule has 0 spiro atoms. The van der Waals surface area contributed by atoms with Gasteiger partial charge >= 0.3 is 0 Å². The van der Waals surface area contributed by atoms with Gasteiger partial charge in [0.1, 0.15) is 0 Å². The van der Waals surface area contributed by atoms with Gasteiger partial charge < -0.3 is 10.6 Å². The van der Waals surface area contributed by atoms with Gasteiger partial charge in [0.2, 0.25) is 5.91 Å². The van der Waals surface area contributed by atoms with E-state index in [9.17, 15) is 4.79 Å². The number of hydrogen-bond acceptors (Lipinski definition) is 2. The lowest BCUT2D eigenvalue weighted by Crippen LogP contribution is -2.53. The van der Waals surface area contributed by atoms with Crippen molar-refractivity contribution in [3.05, 3.63) is 0 Å². The van der Waals surface area contributed by atoms with Gasteiger partial charge in [0, 0.05) is 12.5 Å². The molecule has 2 N–H and O–H groups in total. The molecule has 76 valence electrons. The van der Waals surface area contributed by atoms with Crippen molar-refractivity contribution < 1.29 is 4.79 Å². The van der Waals surface area contributed by atoms with E-state index in [1.54, 1.807) is 0 Å². The van der Waals surface area contributed by atoms with E-state index in [0.717, 1.165) is 13.1 Å². The Balaban J connectivity index is 2.48. The van der Waals surface area contributed by atoms with E-state index in [4.69, 9.17) is 0 Å². The number of amides is 1. The Morgan fingerprint density at radius 2 is 1.92 bits per heavy atom. The third kappa shape index (κ3) is 2.69. The molecule has 1 rings (SSSR count). The molecule has 2 atom stereocenters. The maximum atomic E-state index is 11.2. The highest BCUT2D eigenvalue weighted by Gasteiger charge is 2.28. The minimum Gasteiger partial charge on any atom is -0.353 e. The first-order valence-electron chi connectivity index (χ1n) is 5.15. The van der Waals surface area contributed by atoms with E-state index >= 15 is 0 Å². The summed E-state index contributed by atoms with van der Waals surface area (Å²) in [5.74, 6) is 1.25. The Kier molecular flexibility index (Phi) is 3.72. The van der Waals surface area contributed by atoms with Crippen LogP contribution in [0.5, 0.6) is 0 Å². The second-order valence-electron chi connectivity index (χ2n) is 4.06. The topological polar surface area (TPSA) is 41.1 Å². The van der Waals surface area contributed by atoms with E-state index in [2.05, 4.69) is 24.5 Å². The number of carbonyl (C=O) groups is 1. The zero-order valence-corrected chi connectivity index (χ0v) is 8.76. The molecule has 0 aromatic carbocycles. The van der Waals surface area contributed by atoms with Crippen molar-refractivity contribution in [3.8, 4) is 0 Å². The molecule has 2 unspecified atom stereocenters. The first-order chi connectivity index (χ1) is 6.15. The molecule has 1 fully saturated rings. The number of rotatable bonds is 2. The molecule has 0 aromatic heterocycles. The highest BCUT2D eigenvalue weighted by Crippen LogP contribution is 2.16. The predicted molar refractivity (Wildman–Crippen MR) is 53.4 cm³/mol. The van der Waals surface area contributed by atoms with Crippen LogP contribution >= 0.6 is 0 Å². The van der Waals surface area contributed by atoms with Crippen molar-refractivity contribution in [2.75, 3.05) is 13.1 Å². The van der Waals surface area contributed by atoms with Crippen LogP contribution in [0.4, 0.5) is 0 Å². The van der Waals surface area contributed by atoms with Gasteiger partial charge in [0.05, 0.1) is 0 Å². The number of carbonyl (C=O) groups excluding carboxylic acids is 1. The van der Waals surface area contributed by atoms with Crippen LogP contribution in [-0.4, -0.2) is 25.0 Å². The summed E-state index contributed by atoms with van der Waals surface area (Å²) in [5.41, 5.74) is 0. The van der Waals surface area contributed by atoms with Gasteiger partial charge in [0.25, 0.3) is 0 Å². The van der Waals surface area contributed by atoms with E-state index in [1.165, 1.54) is 0 Å². The van der Waals surface area contributed by atoms with E-state index in [-0.39, 0.29) is 5.91 Å². The fourth-order valence-electron chi connectivity index (χ4n) is 1.93. The van der Waals surface area contributed by atoms with Crippen molar-refractivity contribution in [2.24, 2.45) is 11.8 Å². The molecule has 1 heterocycles. The van der Waals surface area contributed by atoms with Gasteiger partial charge in [-0.1, -0.05) is 20.8 Å². The van der Waals surface area contributed by atoms with Gasteiger partial charge in [0.15, 0.2) is 0 Å². The molecule has 0 aliphatic carbocycles. The molecule has 0 saturated carbocycles. The third-order valence-electron chi connectivity index (χ3n) is 2.81. The van der Waals surface area contributed by atoms with Crippen LogP contribution < -0.4 is 10.6 Å². The lowest BCUT2D eigenvalue weighted by molar-refractivity contribution is -0.122. The summed E-state index contributed by atoms with van der Waals surface area (Å²) in [6.45, 7) is 8.29. The van der Waals surface area contributed by atoms with E-state index in [0.29, 0.717) is 24.3 Å². The number of nitrogens with one attached hydrogen (secondary N) is 2. The van der Waals surface area contributed by atoms with Gasteiger partial charge in [-0.15, -0.1) is 0 Å². The molecule has 0 aromatic rings. The quantitative estimate of drug-likeness (QED) is 0.665. The average molecular weight is 184 g/mol.